The number of halogens is 3. The Morgan fingerprint density at radius 2 is 1.64 bits per heavy atom. The van der Waals surface area contributed by atoms with Gasteiger partial charge in [-0.15, -0.1) is 23.1 Å². The van der Waals surface area contributed by atoms with E-state index < -0.39 is 47.3 Å². The Morgan fingerprint density at radius 3 is 2.30 bits per heavy atom. The van der Waals surface area contributed by atoms with Gasteiger partial charge >= 0.3 is 0 Å². The molecule has 33 heavy (non-hydrogen) atoms. The fraction of sp³-hybridized carbons (Fsp3) is 0.333. The van der Waals surface area contributed by atoms with E-state index in [0.29, 0.717) is 16.9 Å². The van der Waals surface area contributed by atoms with Gasteiger partial charge in [-0.25, -0.2) is 13.2 Å². The quantitative estimate of drug-likeness (QED) is 0.452. The van der Waals surface area contributed by atoms with E-state index in [1.54, 1.807) is 12.3 Å². The van der Waals surface area contributed by atoms with E-state index in [0.717, 1.165) is 28.1 Å². The number of aryl methyl sites for hydroxylation is 1. The fourth-order valence-corrected chi connectivity index (χ4v) is 5.58. The van der Waals surface area contributed by atoms with Crippen LogP contribution in [-0.4, -0.2) is 45.3 Å². The van der Waals surface area contributed by atoms with E-state index in [-0.39, 0.29) is 5.56 Å². The molecule has 9 heteroatoms. The Labute approximate surface area is 197 Å². The molecule has 1 aliphatic rings. The molecule has 3 N–H and O–H groups in total. The monoisotopic (exact) mass is 496 g/mol. The summed E-state index contributed by atoms with van der Waals surface area (Å²) in [6, 6.07) is 11.1. The van der Waals surface area contributed by atoms with E-state index in [2.05, 4.69) is 0 Å². The van der Waals surface area contributed by atoms with Crippen molar-refractivity contribution in [2.24, 2.45) is 0 Å². The minimum absolute atomic E-state index is 0.266. The third-order valence-corrected chi connectivity index (χ3v) is 7.79. The van der Waals surface area contributed by atoms with Crippen molar-refractivity contribution in [2.45, 2.75) is 43.2 Å². The molecule has 4 rings (SSSR count). The zero-order chi connectivity index (χ0) is 23.9. The van der Waals surface area contributed by atoms with Crippen LogP contribution in [0.15, 0.2) is 42.5 Å². The lowest BCUT2D eigenvalue weighted by Gasteiger charge is -2.40. The topological polar surface area (TPSA) is 69.9 Å². The maximum atomic E-state index is 13.6. The zero-order valence-corrected chi connectivity index (χ0v) is 19.5. The van der Waals surface area contributed by atoms with Crippen molar-refractivity contribution in [1.29, 1.82) is 0 Å². The molecule has 0 aliphatic carbocycles. The highest BCUT2D eigenvalue weighted by atomic mass is 32.2. The highest BCUT2D eigenvalue weighted by Gasteiger charge is 2.44. The van der Waals surface area contributed by atoms with Gasteiger partial charge in [0.1, 0.15) is 29.9 Å². The van der Waals surface area contributed by atoms with Gasteiger partial charge in [0, 0.05) is 16.2 Å². The number of benzene rings is 2. The molecule has 1 aliphatic heterocycles. The molecule has 1 aromatic heterocycles. The first kappa shape index (κ1) is 24.3. The van der Waals surface area contributed by atoms with Crippen molar-refractivity contribution in [2.75, 3.05) is 6.26 Å². The summed E-state index contributed by atoms with van der Waals surface area (Å²) >= 11 is 2.60. The number of thioether (sulfide) groups is 1. The number of aliphatic hydroxyl groups is 3. The van der Waals surface area contributed by atoms with Crippen molar-refractivity contribution in [3.63, 3.8) is 0 Å². The Morgan fingerprint density at radius 1 is 0.939 bits per heavy atom. The molecule has 0 spiro atoms. The van der Waals surface area contributed by atoms with E-state index in [1.165, 1.54) is 23.1 Å². The second-order valence-electron chi connectivity index (χ2n) is 8.02. The highest BCUT2D eigenvalue weighted by Crippen LogP contribution is 2.37. The summed E-state index contributed by atoms with van der Waals surface area (Å²) < 4.78 is 46.4. The van der Waals surface area contributed by atoms with Crippen molar-refractivity contribution < 1.29 is 33.2 Å². The lowest BCUT2D eigenvalue weighted by molar-refractivity contribution is -0.200. The first-order chi connectivity index (χ1) is 15.7. The summed E-state index contributed by atoms with van der Waals surface area (Å²) in [6.07, 6.45) is -2.33. The zero-order valence-electron chi connectivity index (χ0n) is 17.8. The van der Waals surface area contributed by atoms with Crippen LogP contribution in [-0.2, 0) is 11.2 Å². The summed E-state index contributed by atoms with van der Waals surface area (Å²) in [7, 11) is 0. The maximum absolute atomic E-state index is 13.6. The lowest BCUT2D eigenvalue weighted by Crippen LogP contribution is -2.52. The predicted octanol–water partition coefficient (Wildman–Crippen LogP) is 4.57. The third kappa shape index (κ3) is 4.84. The van der Waals surface area contributed by atoms with Crippen molar-refractivity contribution in [3.05, 3.63) is 81.5 Å². The van der Waals surface area contributed by atoms with E-state index in [4.69, 9.17) is 4.74 Å². The Hall–Kier alpha value is -1.88. The molecule has 0 amide bonds. The molecular formula is C24H23F3O4S2. The molecule has 3 aromatic rings. The SMILES string of the molecule is CS[C@H]1OC(c2ccc(C)c(Cc3ccc(-c4cc(F)c(F)c(F)c4)s3)c2)[C@H](O)[C@@H](O)[C@@H]1O. The van der Waals surface area contributed by atoms with Gasteiger partial charge in [0.15, 0.2) is 17.5 Å². The lowest BCUT2D eigenvalue weighted by atomic mass is 9.92. The second-order valence-corrected chi connectivity index (χ2v) is 10.1. The van der Waals surface area contributed by atoms with Gasteiger partial charge in [-0.3, -0.25) is 0 Å². The maximum Gasteiger partial charge on any atom is 0.194 e. The molecule has 2 heterocycles. The molecule has 1 fully saturated rings. The van der Waals surface area contributed by atoms with Crippen LogP contribution in [0.25, 0.3) is 10.4 Å². The Bertz CT molecular complexity index is 1130. The minimum atomic E-state index is -1.49. The fourth-order valence-electron chi connectivity index (χ4n) is 3.89. The van der Waals surface area contributed by atoms with E-state index in [9.17, 15) is 28.5 Å². The molecule has 0 bridgehead atoms. The number of ether oxygens (including phenoxy) is 1. The van der Waals surface area contributed by atoms with Crippen LogP contribution in [0.5, 0.6) is 0 Å². The normalized spacial score (nSPS) is 25.4. The van der Waals surface area contributed by atoms with Crippen LogP contribution in [0.4, 0.5) is 13.2 Å². The number of hydrogen-bond acceptors (Lipinski definition) is 6. The largest absolute Gasteiger partial charge is 0.387 e. The number of rotatable bonds is 5. The smallest absolute Gasteiger partial charge is 0.194 e. The average molecular weight is 497 g/mol. The summed E-state index contributed by atoms with van der Waals surface area (Å²) in [6.45, 7) is 1.94. The van der Waals surface area contributed by atoms with E-state index in [1.807, 2.05) is 31.2 Å². The second kappa shape index (κ2) is 9.77. The van der Waals surface area contributed by atoms with Crippen LogP contribution in [0.1, 0.15) is 27.7 Å². The van der Waals surface area contributed by atoms with E-state index >= 15 is 0 Å². The first-order valence-electron chi connectivity index (χ1n) is 10.2. The van der Waals surface area contributed by atoms with Crippen LogP contribution >= 0.6 is 23.1 Å². The summed E-state index contributed by atoms with van der Waals surface area (Å²) in [5.74, 6) is -3.95. The van der Waals surface area contributed by atoms with Crippen molar-refractivity contribution in [3.8, 4) is 10.4 Å². The average Bonchev–Trinajstić information content (AvgIpc) is 3.26. The molecule has 5 atom stereocenters. The standard InChI is InChI=1S/C24H23F3O4S2/c1-11-3-4-12(23-21(29)20(28)22(30)24(31-23)32-2)7-13(11)8-15-5-6-18(33-15)14-9-16(25)19(27)17(26)10-14/h3-7,9-10,20-24,28-30H,8H2,1-2H3/t20-,21-,22+,23?,24-/m1/s1. The number of aliphatic hydroxyl groups excluding tert-OH is 3. The van der Waals surface area contributed by atoms with Gasteiger partial charge in [0.2, 0.25) is 0 Å². The summed E-state index contributed by atoms with van der Waals surface area (Å²) in [5, 5.41) is 30.8. The van der Waals surface area contributed by atoms with Crippen molar-refractivity contribution >= 4 is 23.1 Å². The van der Waals surface area contributed by atoms with Crippen LogP contribution in [0.3, 0.4) is 0 Å². The number of hydrogen-bond donors (Lipinski definition) is 3. The van der Waals surface area contributed by atoms with Gasteiger partial charge in [-0.1, -0.05) is 18.2 Å². The predicted molar refractivity (Wildman–Crippen MR) is 123 cm³/mol. The Balaban J connectivity index is 1.59. The number of thiophene rings is 1. The molecule has 2 aromatic carbocycles. The van der Waals surface area contributed by atoms with Crippen LogP contribution < -0.4 is 0 Å². The van der Waals surface area contributed by atoms with Crippen LogP contribution in [0, 0.1) is 24.4 Å². The van der Waals surface area contributed by atoms with Gasteiger partial charge < -0.3 is 20.1 Å². The molecule has 4 nitrogen and oxygen atoms in total. The molecule has 176 valence electrons. The Kier molecular flexibility index (Phi) is 7.18. The molecule has 0 radical (unpaired) electrons. The third-order valence-electron chi connectivity index (χ3n) is 5.80. The minimum Gasteiger partial charge on any atom is -0.387 e. The van der Waals surface area contributed by atoms with Gasteiger partial charge in [-0.05, 0) is 59.7 Å². The van der Waals surface area contributed by atoms with Gasteiger partial charge in [-0.2, -0.15) is 0 Å². The highest BCUT2D eigenvalue weighted by molar-refractivity contribution is 7.99. The van der Waals surface area contributed by atoms with Crippen LogP contribution in [0.2, 0.25) is 0 Å². The molecular weight excluding hydrogens is 473 g/mol. The van der Waals surface area contributed by atoms with Gasteiger partial charge in [0.05, 0.1) is 0 Å². The van der Waals surface area contributed by atoms with Crippen molar-refractivity contribution in [1.82, 2.24) is 0 Å². The molecule has 1 saturated heterocycles. The first-order valence-corrected chi connectivity index (χ1v) is 12.4. The summed E-state index contributed by atoms with van der Waals surface area (Å²) in [5.41, 5.74) is 2.22. The van der Waals surface area contributed by atoms with Gasteiger partial charge in [0.25, 0.3) is 0 Å². The summed E-state index contributed by atoms with van der Waals surface area (Å²) in [4.78, 5) is 1.54. The molecule has 0 saturated carbocycles. The molecule has 1 unspecified atom stereocenters.